The van der Waals surface area contributed by atoms with Crippen LogP contribution in [0.5, 0.6) is 11.8 Å². The summed E-state index contributed by atoms with van der Waals surface area (Å²) in [4.78, 5) is 72.4. The zero-order chi connectivity index (χ0) is 62.8. The minimum absolute atomic E-state index is 0.00766. The van der Waals surface area contributed by atoms with E-state index in [1.807, 2.05) is 0 Å². The van der Waals surface area contributed by atoms with Crippen LogP contribution in [0.1, 0.15) is 95.5 Å². The molecule has 2 aliphatic heterocycles. The number of esters is 2. The quantitative estimate of drug-likeness (QED) is 0.0224. The van der Waals surface area contributed by atoms with Gasteiger partial charge in [-0.2, -0.15) is 19.9 Å². The molecule has 34 nitrogen and oxygen atoms in total. The molecule has 4 aromatic rings. The molecule has 0 saturated carbocycles. The molecule has 2 saturated heterocycles. The fourth-order valence-corrected chi connectivity index (χ4v) is 11.0. The molecule has 14 atom stereocenters. The van der Waals surface area contributed by atoms with Crippen LogP contribution in [0.3, 0.4) is 0 Å². The maximum atomic E-state index is 15.9. The molecule has 6 rings (SSSR count). The SMILES string of the molecule is CCOC(=O)OC(C)OP(=O)(N[C@@H](C)C(=O)OC(C)C)OC[C@H]1O[C@@H](n2cnc3c(OC)nc(N)nc32)[C@](C)(F)[C@@H]1O.CCOC(=O)OC(C)OP(=O)(N[C@@H](C)C(=O)OC(C)C)OC[C@H]1O[C@@H](n2cnc3c(OC)nc(N)nc32)[C@](C)(F)[C@@H]1O. The van der Waals surface area contributed by atoms with Crippen LogP contribution in [-0.4, -0.2) is 187 Å². The molecule has 6 heterocycles. The lowest BCUT2D eigenvalue weighted by Gasteiger charge is -2.26. The van der Waals surface area contributed by atoms with Crippen molar-refractivity contribution in [3.05, 3.63) is 12.7 Å². The minimum atomic E-state index is -4.53. The number of alkyl halides is 2. The van der Waals surface area contributed by atoms with Gasteiger partial charge in [-0.05, 0) is 83.1 Å². The summed E-state index contributed by atoms with van der Waals surface area (Å²) in [5.41, 5.74) is 7.08. The summed E-state index contributed by atoms with van der Waals surface area (Å²) in [6, 6.07) is -2.45. The van der Waals surface area contributed by atoms with Crippen molar-refractivity contribution >= 4 is 74.0 Å². The molecule has 2 fully saturated rings. The number of nitrogens with zero attached hydrogens (tertiary/aromatic N) is 8. The van der Waals surface area contributed by atoms with E-state index in [9.17, 15) is 38.5 Å². The molecular weight excluding hydrogens is 1170 g/mol. The molecule has 84 heavy (non-hydrogen) atoms. The highest BCUT2D eigenvalue weighted by atomic mass is 31.2. The fourth-order valence-electron chi connectivity index (χ4n) is 7.94. The average Bonchev–Trinajstić information content (AvgIpc) is 2.06. The molecule has 0 spiro atoms. The standard InChI is InChI=1S/2C23H36FN6O11P/c2*1-8-36-22(33)39-13(5)41-42(34,29-12(4)19(32)38-11(2)3)37-9-14-16(31)23(6,24)20(40-14)30-10-26-15-17(30)27-21(25)28-18(15)35-7/h2*10-14,16,20,31H,8-9H2,1-7H3,(H,29,34)(H2,25,27,28)/t2*12-,13?,14+,16+,20+,23+,42?/m00/s1. The number of carbonyl (C=O) groups excluding carboxylic acids is 4. The van der Waals surface area contributed by atoms with Crippen LogP contribution in [-0.2, 0) is 74.7 Å². The molecule has 38 heteroatoms. The highest BCUT2D eigenvalue weighted by Crippen LogP contribution is 2.51. The molecule has 4 aromatic heterocycles. The summed E-state index contributed by atoms with van der Waals surface area (Å²) in [7, 11) is -6.37. The molecule has 0 aliphatic carbocycles. The third-order valence-electron chi connectivity index (χ3n) is 11.7. The van der Waals surface area contributed by atoms with Gasteiger partial charge in [0.2, 0.25) is 36.2 Å². The third-order valence-corrected chi connectivity index (χ3v) is 15.2. The molecule has 0 aromatic carbocycles. The second kappa shape index (κ2) is 28.7. The van der Waals surface area contributed by atoms with E-state index in [0.29, 0.717) is 0 Å². The van der Waals surface area contributed by atoms with E-state index in [1.165, 1.54) is 63.7 Å². The number of methoxy groups -OCH3 is 2. The van der Waals surface area contributed by atoms with Gasteiger partial charge in [-0.3, -0.25) is 36.8 Å². The fraction of sp³-hybridized carbons (Fsp3) is 0.696. The third kappa shape index (κ3) is 17.0. The Bertz CT molecular complexity index is 2820. The van der Waals surface area contributed by atoms with Gasteiger partial charge in [-0.15, -0.1) is 0 Å². The van der Waals surface area contributed by atoms with Gasteiger partial charge in [0.25, 0.3) is 0 Å². The zero-order valence-corrected chi connectivity index (χ0v) is 50.1. The molecule has 4 unspecified atom stereocenters. The van der Waals surface area contributed by atoms with Crippen molar-refractivity contribution in [2.75, 3.05) is 52.1 Å². The van der Waals surface area contributed by atoms with Crippen molar-refractivity contribution in [3.63, 3.8) is 0 Å². The molecule has 0 amide bonds. The van der Waals surface area contributed by atoms with Gasteiger partial charge >= 0.3 is 39.7 Å². The Labute approximate surface area is 479 Å². The first-order chi connectivity index (χ1) is 39.2. The number of rotatable bonds is 26. The van der Waals surface area contributed by atoms with E-state index < -0.39 is 138 Å². The number of halogens is 2. The second-order valence-corrected chi connectivity index (χ2v) is 22.7. The Balaban J connectivity index is 0.000000307. The first-order valence-electron chi connectivity index (χ1n) is 25.9. The number of aliphatic hydroxyl groups is 2. The molecule has 0 radical (unpaired) electrons. The lowest BCUT2D eigenvalue weighted by atomic mass is 9.98. The Morgan fingerprint density at radius 1 is 0.643 bits per heavy atom. The van der Waals surface area contributed by atoms with Gasteiger partial charge in [0.05, 0.1) is 65.5 Å². The van der Waals surface area contributed by atoms with Gasteiger partial charge in [0.1, 0.15) is 36.5 Å². The van der Waals surface area contributed by atoms with Crippen LogP contribution in [0.4, 0.5) is 30.3 Å². The summed E-state index contributed by atoms with van der Waals surface area (Å²) < 4.78 is 134. The summed E-state index contributed by atoms with van der Waals surface area (Å²) >= 11 is 0. The van der Waals surface area contributed by atoms with E-state index in [1.54, 1.807) is 41.5 Å². The first-order valence-corrected chi connectivity index (χ1v) is 28.9. The van der Waals surface area contributed by atoms with Gasteiger partial charge in [0.15, 0.2) is 46.1 Å². The lowest BCUT2D eigenvalue weighted by molar-refractivity contribution is -0.150. The topological polar surface area (TPSA) is 435 Å². The van der Waals surface area contributed by atoms with Crippen molar-refractivity contribution in [2.45, 2.75) is 168 Å². The molecule has 2 aliphatic rings. The number of fused-ring (bicyclic) bond motifs is 2. The number of hydrogen-bond acceptors (Lipinski definition) is 30. The number of nitrogens with two attached hydrogens (primary N) is 2. The largest absolute Gasteiger partial charge is 0.510 e. The Hall–Kier alpha value is -6.30. The summed E-state index contributed by atoms with van der Waals surface area (Å²) in [5, 5.41) is 26.4. The zero-order valence-electron chi connectivity index (χ0n) is 48.4. The maximum Gasteiger partial charge on any atom is 0.510 e. The number of aliphatic hydroxyl groups excluding tert-OH is 2. The van der Waals surface area contributed by atoms with Gasteiger partial charge in [0, 0.05) is 0 Å². The van der Waals surface area contributed by atoms with Crippen molar-refractivity contribution in [1.82, 2.24) is 49.2 Å². The van der Waals surface area contributed by atoms with Gasteiger partial charge < -0.3 is 69.0 Å². The normalized spacial score (nSPS) is 25.1. The highest BCUT2D eigenvalue weighted by Gasteiger charge is 2.57. The summed E-state index contributed by atoms with van der Waals surface area (Å²) in [6.07, 6.45) is -13.2. The van der Waals surface area contributed by atoms with E-state index in [2.05, 4.69) is 49.6 Å². The Morgan fingerprint density at radius 3 is 1.30 bits per heavy atom. The molecule has 472 valence electrons. The van der Waals surface area contributed by atoms with Gasteiger partial charge in [-0.25, -0.2) is 47.6 Å². The first kappa shape index (κ1) is 68.5. The number of nitrogen functional groups attached to an aromatic ring is 2. The van der Waals surface area contributed by atoms with Crippen molar-refractivity contribution in [2.24, 2.45) is 0 Å². The van der Waals surface area contributed by atoms with Gasteiger partial charge in [-0.1, -0.05) is 0 Å². The monoisotopic (exact) mass is 1240 g/mol. The number of nitrogens with one attached hydrogen (secondary N) is 2. The lowest BCUT2D eigenvalue weighted by Crippen LogP contribution is -2.41. The number of hydrogen-bond donors (Lipinski definition) is 6. The van der Waals surface area contributed by atoms with Crippen LogP contribution >= 0.6 is 15.5 Å². The van der Waals surface area contributed by atoms with Crippen LogP contribution in [0, 0.1) is 0 Å². The van der Waals surface area contributed by atoms with Crippen molar-refractivity contribution < 1.29 is 113 Å². The molecule has 0 bridgehead atoms. The Morgan fingerprint density at radius 2 is 0.988 bits per heavy atom. The predicted octanol–water partition coefficient (Wildman–Crippen LogP) is 3.99. The van der Waals surface area contributed by atoms with E-state index in [0.717, 1.165) is 13.8 Å². The smallest absolute Gasteiger partial charge is 0.479 e. The number of ether oxygens (including phenoxy) is 10. The molecular formula is C46H72F2N12O22P2. The maximum absolute atomic E-state index is 15.9. The Kier molecular flexibility index (Phi) is 23.4. The number of aromatic nitrogens is 8. The van der Waals surface area contributed by atoms with Crippen LogP contribution in [0.2, 0.25) is 0 Å². The minimum Gasteiger partial charge on any atom is -0.479 e. The average molecular weight is 1250 g/mol. The van der Waals surface area contributed by atoms with E-state index in [-0.39, 0.29) is 59.2 Å². The second-order valence-electron chi connectivity index (χ2n) is 19.3. The van der Waals surface area contributed by atoms with Crippen molar-refractivity contribution in [3.8, 4) is 11.8 Å². The summed E-state index contributed by atoms with van der Waals surface area (Å²) in [6.45, 7) is 15.5. The number of imidazole rings is 2. The number of anilines is 2. The van der Waals surface area contributed by atoms with Crippen LogP contribution in [0.25, 0.3) is 22.3 Å². The highest BCUT2D eigenvalue weighted by molar-refractivity contribution is 7.52. The van der Waals surface area contributed by atoms with E-state index >= 15 is 8.78 Å². The molecule has 8 N–H and O–H groups in total. The van der Waals surface area contributed by atoms with E-state index in [4.69, 9.17) is 67.5 Å². The summed E-state index contributed by atoms with van der Waals surface area (Å²) in [5.74, 6) is -1.82. The number of carbonyl (C=O) groups is 4. The van der Waals surface area contributed by atoms with Crippen LogP contribution < -0.4 is 31.1 Å². The van der Waals surface area contributed by atoms with Crippen LogP contribution in [0.15, 0.2) is 12.7 Å². The van der Waals surface area contributed by atoms with Crippen molar-refractivity contribution in [1.29, 1.82) is 0 Å². The predicted molar refractivity (Wildman–Crippen MR) is 284 cm³/mol.